The van der Waals surface area contributed by atoms with Crippen molar-refractivity contribution < 1.29 is 9.18 Å². The molecule has 0 N–H and O–H groups in total. The van der Waals surface area contributed by atoms with Crippen LogP contribution in [0.5, 0.6) is 0 Å². The van der Waals surface area contributed by atoms with Gasteiger partial charge >= 0.3 is 0 Å². The lowest BCUT2D eigenvalue weighted by molar-refractivity contribution is 0.0993. The number of hydrogen-bond donors (Lipinski definition) is 0. The molecule has 17 heavy (non-hydrogen) atoms. The summed E-state index contributed by atoms with van der Waals surface area (Å²) < 4.78 is 12.7. The van der Waals surface area contributed by atoms with Crippen LogP contribution in [-0.2, 0) is 6.42 Å². The van der Waals surface area contributed by atoms with Crippen LogP contribution in [0, 0.1) is 5.82 Å². The molecule has 0 aliphatic carbocycles. The van der Waals surface area contributed by atoms with Crippen molar-refractivity contribution in [3.63, 3.8) is 0 Å². The number of Topliss-reactive ketones (excluding diaryl/α,β-unsaturated/α-hetero) is 1. The summed E-state index contributed by atoms with van der Waals surface area (Å²) in [6.07, 6.45) is 3.26. The van der Waals surface area contributed by atoms with E-state index in [1.165, 1.54) is 30.5 Å². The van der Waals surface area contributed by atoms with E-state index in [0.717, 1.165) is 5.56 Å². The largest absolute Gasteiger partial charge is 0.294 e. The zero-order valence-electron chi connectivity index (χ0n) is 8.86. The third-order valence-electron chi connectivity index (χ3n) is 2.37. The van der Waals surface area contributed by atoms with Crippen LogP contribution >= 0.6 is 11.6 Å². The average molecular weight is 250 g/mol. The highest BCUT2D eigenvalue weighted by molar-refractivity contribution is 6.31. The second kappa shape index (κ2) is 5.06. The third kappa shape index (κ3) is 2.88. The molecule has 0 radical (unpaired) electrons. The number of carbonyl (C=O) groups is 1. The van der Waals surface area contributed by atoms with Crippen molar-refractivity contribution in [1.82, 2.24) is 4.98 Å². The molecule has 1 heterocycles. The molecule has 0 bridgehead atoms. The second-order valence-corrected chi connectivity index (χ2v) is 3.98. The van der Waals surface area contributed by atoms with E-state index >= 15 is 0 Å². The molecule has 1 aromatic heterocycles. The monoisotopic (exact) mass is 249 g/mol. The number of pyridine rings is 1. The lowest BCUT2D eigenvalue weighted by Gasteiger charge is -2.03. The smallest absolute Gasteiger partial charge is 0.167 e. The molecule has 1 aromatic carbocycles. The van der Waals surface area contributed by atoms with Crippen LogP contribution in [0.1, 0.15) is 15.9 Å². The van der Waals surface area contributed by atoms with Crippen molar-refractivity contribution in [2.45, 2.75) is 6.42 Å². The topological polar surface area (TPSA) is 30.0 Å². The molecule has 0 saturated carbocycles. The van der Waals surface area contributed by atoms with Gasteiger partial charge in [-0.1, -0.05) is 11.6 Å². The van der Waals surface area contributed by atoms with Gasteiger partial charge in [-0.25, -0.2) is 4.39 Å². The van der Waals surface area contributed by atoms with Gasteiger partial charge in [0.25, 0.3) is 0 Å². The highest BCUT2D eigenvalue weighted by atomic mass is 35.5. The molecule has 0 amide bonds. The molecule has 4 heteroatoms. The van der Waals surface area contributed by atoms with Crippen molar-refractivity contribution in [3.05, 3.63) is 64.7 Å². The van der Waals surface area contributed by atoms with Crippen LogP contribution in [0.15, 0.2) is 42.7 Å². The number of aromatic nitrogens is 1. The van der Waals surface area contributed by atoms with Gasteiger partial charge in [-0.15, -0.1) is 0 Å². The molecule has 2 rings (SSSR count). The molecule has 0 unspecified atom stereocenters. The quantitative estimate of drug-likeness (QED) is 0.782. The molecule has 0 atom stereocenters. The zero-order chi connectivity index (χ0) is 12.3. The molecule has 2 aromatic rings. The molecule has 0 fully saturated rings. The van der Waals surface area contributed by atoms with E-state index in [1.54, 1.807) is 12.3 Å². The van der Waals surface area contributed by atoms with E-state index in [2.05, 4.69) is 4.98 Å². The minimum Gasteiger partial charge on any atom is -0.294 e. The van der Waals surface area contributed by atoms with Crippen LogP contribution in [-0.4, -0.2) is 10.8 Å². The number of hydrogen-bond acceptors (Lipinski definition) is 2. The number of rotatable bonds is 3. The summed E-state index contributed by atoms with van der Waals surface area (Å²) in [5.74, 6) is -0.457. The standard InChI is InChI=1S/C13H9ClFNO/c14-12-8-16-6-5-10(12)7-13(17)9-1-3-11(15)4-2-9/h1-6,8H,7H2. The zero-order valence-corrected chi connectivity index (χ0v) is 9.62. The number of ketones is 1. The Morgan fingerprint density at radius 1 is 1.24 bits per heavy atom. The van der Waals surface area contributed by atoms with E-state index in [-0.39, 0.29) is 18.0 Å². The maximum Gasteiger partial charge on any atom is 0.167 e. The fraction of sp³-hybridized carbons (Fsp3) is 0.0769. The highest BCUT2D eigenvalue weighted by Crippen LogP contribution is 2.16. The number of nitrogens with zero attached hydrogens (tertiary/aromatic N) is 1. The number of benzene rings is 1. The maximum atomic E-state index is 12.7. The van der Waals surface area contributed by atoms with Crippen LogP contribution in [0.3, 0.4) is 0 Å². The van der Waals surface area contributed by atoms with Crippen molar-refractivity contribution in [1.29, 1.82) is 0 Å². The van der Waals surface area contributed by atoms with Gasteiger partial charge in [-0.2, -0.15) is 0 Å². The Labute approximate surface area is 103 Å². The normalized spacial score (nSPS) is 10.2. The molecule has 0 spiro atoms. The van der Waals surface area contributed by atoms with Gasteiger partial charge in [0, 0.05) is 24.4 Å². The first-order valence-electron chi connectivity index (χ1n) is 5.04. The van der Waals surface area contributed by atoms with Crippen LogP contribution in [0.2, 0.25) is 5.02 Å². The molecule has 86 valence electrons. The predicted molar refractivity (Wildman–Crippen MR) is 63.7 cm³/mol. The molecule has 0 aliphatic heterocycles. The van der Waals surface area contributed by atoms with Gasteiger partial charge in [0.15, 0.2) is 5.78 Å². The Hall–Kier alpha value is -1.74. The molecule has 0 aliphatic rings. The first kappa shape index (κ1) is 11.7. The van der Waals surface area contributed by atoms with Gasteiger partial charge in [0.05, 0.1) is 5.02 Å². The molecular weight excluding hydrogens is 241 g/mol. The fourth-order valence-electron chi connectivity index (χ4n) is 1.46. The molecule has 0 saturated heterocycles. The van der Waals surface area contributed by atoms with E-state index in [4.69, 9.17) is 11.6 Å². The van der Waals surface area contributed by atoms with E-state index in [9.17, 15) is 9.18 Å². The van der Waals surface area contributed by atoms with Gasteiger partial charge in [-0.3, -0.25) is 9.78 Å². The molecule has 2 nitrogen and oxygen atoms in total. The maximum absolute atomic E-state index is 12.7. The summed E-state index contributed by atoms with van der Waals surface area (Å²) in [6.45, 7) is 0. The molecular formula is C13H9ClFNO. The minimum absolute atomic E-state index is 0.0990. The van der Waals surface area contributed by atoms with Crippen molar-refractivity contribution in [2.24, 2.45) is 0 Å². The van der Waals surface area contributed by atoms with Crippen LogP contribution < -0.4 is 0 Å². The minimum atomic E-state index is -0.358. The SMILES string of the molecule is O=C(Cc1ccncc1Cl)c1ccc(F)cc1. The van der Waals surface area contributed by atoms with E-state index in [0.29, 0.717) is 10.6 Å². The van der Waals surface area contributed by atoms with Gasteiger partial charge in [-0.05, 0) is 35.9 Å². The summed E-state index contributed by atoms with van der Waals surface area (Å²) in [6, 6.07) is 7.16. The lowest BCUT2D eigenvalue weighted by Crippen LogP contribution is -2.04. The second-order valence-electron chi connectivity index (χ2n) is 3.57. The van der Waals surface area contributed by atoms with Crippen molar-refractivity contribution >= 4 is 17.4 Å². The number of halogens is 2. The summed E-state index contributed by atoms with van der Waals surface area (Å²) >= 11 is 5.91. The summed E-state index contributed by atoms with van der Waals surface area (Å²) in [7, 11) is 0. The first-order chi connectivity index (χ1) is 8.16. The Morgan fingerprint density at radius 3 is 2.59 bits per heavy atom. The Balaban J connectivity index is 2.17. The summed E-state index contributed by atoms with van der Waals surface area (Å²) in [5, 5.41) is 0.461. The van der Waals surface area contributed by atoms with Crippen LogP contribution in [0.4, 0.5) is 4.39 Å². The van der Waals surface area contributed by atoms with Gasteiger partial charge in [0.1, 0.15) is 5.82 Å². The summed E-state index contributed by atoms with van der Waals surface area (Å²) in [4.78, 5) is 15.7. The predicted octanol–water partition coefficient (Wildman–Crippen LogP) is 3.30. The Kier molecular flexibility index (Phi) is 3.49. The Bertz CT molecular complexity index is 539. The fourth-order valence-corrected chi connectivity index (χ4v) is 1.64. The van der Waals surface area contributed by atoms with Crippen LogP contribution in [0.25, 0.3) is 0 Å². The lowest BCUT2D eigenvalue weighted by atomic mass is 10.0. The van der Waals surface area contributed by atoms with Gasteiger partial charge < -0.3 is 0 Å². The average Bonchev–Trinajstić information content (AvgIpc) is 2.33. The van der Waals surface area contributed by atoms with E-state index in [1.807, 2.05) is 0 Å². The Morgan fingerprint density at radius 2 is 1.94 bits per heavy atom. The third-order valence-corrected chi connectivity index (χ3v) is 2.71. The first-order valence-corrected chi connectivity index (χ1v) is 5.42. The summed E-state index contributed by atoms with van der Waals surface area (Å²) in [5.41, 5.74) is 1.19. The highest BCUT2D eigenvalue weighted by Gasteiger charge is 2.09. The van der Waals surface area contributed by atoms with E-state index < -0.39 is 0 Å². The van der Waals surface area contributed by atoms with Crippen molar-refractivity contribution in [3.8, 4) is 0 Å². The van der Waals surface area contributed by atoms with Gasteiger partial charge in [0.2, 0.25) is 0 Å². The number of carbonyl (C=O) groups excluding carboxylic acids is 1. The van der Waals surface area contributed by atoms with Crippen molar-refractivity contribution in [2.75, 3.05) is 0 Å².